The Morgan fingerprint density at radius 1 is 1.53 bits per heavy atom. The van der Waals surface area contributed by atoms with Gasteiger partial charge in [-0.2, -0.15) is 0 Å². The number of nitrogens with one attached hydrogen (secondary N) is 1. The first-order valence-electron chi connectivity index (χ1n) is 7.16. The fraction of sp³-hybridized carbons (Fsp3) is 0.857. The number of aliphatic hydroxyl groups excluding tert-OH is 1. The van der Waals surface area contributed by atoms with Crippen molar-refractivity contribution in [2.45, 2.75) is 45.1 Å². The maximum Gasteiger partial charge on any atom is 0.225 e. The summed E-state index contributed by atoms with van der Waals surface area (Å²) < 4.78 is 0. The molecule has 0 radical (unpaired) electrons. The van der Waals surface area contributed by atoms with Gasteiger partial charge in [-0.25, -0.2) is 0 Å². The summed E-state index contributed by atoms with van der Waals surface area (Å²) in [5, 5.41) is 12.3. The summed E-state index contributed by atoms with van der Waals surface area (Å²) in [6.07, 6.45) is 3.03. The van der Waals surface area contributed by atoms with Crippen LogP contribution in [-0.2, 0) is 9.59 Å². The van der Waals surface area contributed by atoms with Crippen molar-refractivity contribution in [3.63, 3.8) is 0 Å². The smallest absolute Gasteiger partial charge is 0.225 e. The summed E-state index contributed by atoms with van der Waals surface area (Å²) in [4.78, 5) is 25.8. The highest BCUT2D eigenvalue weighted by Gasteiger charge is 2.41. The zero-order chi connectivity index (χ0) is 14.0. The Labute approximate surface area is 114 Å². The minimum atomic E-state index is -0.411. The van der Waals surface area contributed by atoms with Crippen molar-refractivity contribution in [3.8, 4) is 0 Å². The molecule has 1 saturated heterocycles. The van der Waals surface area contributed by atoms with E-state index in [0.29, 0.717) is 25.4 Å². The lowest BCUT2D eigenvalue weighted by molar-refractivity contribution is -0.130. The van der Waals surface area contributed by atoms with Gasteiger partial charge in [0.15, 0.2) is 0 Å². The third kappa shape index (κ3) is 3.08. The zero-order valence-electron chi connectivity index (χ0n) is 11.8. The number of carbonyl (C=O) groups excluding carboxylic acids is 2. The van der Waals surface area contributed by atoms with Crippen LogP contribution >= 0.6 is 0 Å². The highest BCUT2D eigenvalue weighted by molar-refractivity contribution is 5.89. The monoisotopic (exact) mass is 268 g/mol. The van der Waals surface area contributed by atoms with Crippen LogP contribution in [0.4, 0.5) is 0 Å². The molecule has 1 unspecified atom stereocenters. The molecule has 108 valence electrons. The van der Waals surface area contributed by atoms with Gasteiger partial charge in [0, 0.05) is 19.5 Å². The molecule has 0 aromatic rings. The van der Waals surface area contributed by atoms with Crippen molar-refractivity contribution < 1.29 is 14.7 Å². The second-order valence-corrected chi connectivity index (χ2v) is 6.37. The predicted molar refractivity (Wildman–Crippen MR) is 71.3 cm³/mol. The summed E-state index contributed by atoms with van der Waals surface area (Å²) in [6.45, 7) is 5.36. The lowest BCUT2D eigenvalue weighted by Crippen LogP contribution is -2.57. The summed E-state index contributed by atoms with van der Waals surface area (Å²) in [5.74, 6) is 0.158. The zero-order valence-corrected chi connectivity index (χ0v) is 11.8. The van der Waals surface area contributed by atoms with Gasteiger partial charge in [0.1, 0.15) is 0 Å². The minimum Gasteiger partial charge on any atom is -0.394 e. The summed E-state index contributed by atoms with van der Waals surface area (Å²) >= 11 is 0. The maximum atomic E-state index is 12.2. The largest absolute Gasteiger partial charge is 0.394 e. The number of amides is 2. The molecule has 1 heterocycles. The maximum absolute atomic E-state index is 12.2. The van der Waals surface area contributed by atoms with Crippen molar-refractivity contribution in [3.05, 3.63) is 0 Å². The molecule has 1 aliphatic heterocycles. The molecule has 0 aromatic heterocycles. The van der Waals surface area contributed by atoms with E-state index in [-0.39, 0.29) is 24.3 Å². The molecule has 1 saturated carbocycles. The number of likely N-dealkylation sites (tertiary alicyclic amines) is 1. The second-order valence-electron chi connectivity index (χ2n) is 6.37. The van der Waals surface area contributed by atoms with Crippen LogP contribution in [0.3, 0.4) is 0 Å². The molecule has 2 aliphatic rings. The highest BCUT2D eigenvalue weighted by Crippen LogP contribution is 2.32. The van der Waals surface area contributed by atoms with E-state index in [4.69, 9.17) is 0 Å². The SMILES string of the molecule is CC(C)CN1CC(C(=O)NC2(CO)CCC2)CC1=O. The van der Waals surface area contributed by atoms with Crippen LogP contribution in [0, 0.1) is 11.8 Å². The third-order valence-electron chi connectivity index (χ3n) is 4.17. The molecular formula is C14H24N2O3. The van der Waals surface area contributed by atoms with Crippen LogP contribution in [0.25, 0.3) is 0 Å². The van der Waals surface area contributed by atoms with Gasteiger partial charge in [0.25, 0.3) is 0 Å². The molecule has 5 heteroatoms. The van der Waals surface area contributed by atoms with E-state index < -0.39 is 5.54 Å². The van der Waals surface area contributed by atoms with Gasteiger partial charge >= 0.3 is 0 Å². The van der Waals surface area contributed by atoms with E-state index in [1.165, 1.54) is 0 Å². The Morgan fingerprint density at radius 3 is 2.68 bits per heavy atom. The van der Waals surface area contributed by atoms with E-state index in [1.807, 2.05) is 0 Å². The Kier molecular flexibility index (Phi) is 4.13. The molecule has 1 aliphatic carbocycles. The molecule has 1 atom stereocenters. The van der Waals surface area contributed by atoms with E-state index in [9.17, 15) is 14.7 Å². The number of hydrogen-bond acceptors (Lipinski definition) is 3. The first-order chi connectivity index (χ1) is 8.96. The van der Waals surface area contributed by atoms with E-state index in [1.54, 1.807) is 4.90 Å². The van der Waals surface area contributed by atoms with Crippen LogP contribution in [0.15, 0.2) is 0 Å². The molecule has 0 bridgehead atoms. The van der Waals surface area contributed by atoms with Gasteiger partial charge in [-0.1, -0.05) is 13.8 Å². The first-order valence-corrected chi connectivity index (χ1v) is 7.16. The molecule has 5 nitrogen and oxygen atoms in total. The predicted octanol–water partition coefficient (Wildman–Crippen LogP) is 0.522. The Morgan fingerprint density at radius 2 is 2.21 bits per heavy atom. The minimum absolute atomic E-state index is 0.00485. The number of rotatable bonds is 5. The van der Waals surface area contributed by atoms with Gasteiger partial charge in [0.05, 0.1) is 18.1 Å². The van der Waals surface area contributed by atoms with Crippen LogP contribution in [0.5, 0.6) is 0 Å². The topological polar surface area (TPSA) is 69.6 Å². The van der Waals surface area contributed by atoms with Gasteiger partial charge in [-0.15, -0.1) is 0 Å². The second kappa shape index (κ2) is 5.49. The molecule has 2 amide bonds. The van der Waals surface area contributed by atoms with E-state index in [2.05, 4.69) is 19.2 Å². The average Bonchev–Trinajstić information content (AvgIpc) is 2.65. The fourth-order valence-electron chi connectivity index (χ4n) is 2.85. The Hall–Kier alpha value is -1.10. The Balaban J connectivity index is 1.89. The first kappa shape index (κ1) is 14.3. The molecular weight excluding hydrogens is 244 g/mol. The van der Waals surface area contributed by atoms with Crippen LogP contribution in [-0.4, -0.2) is 47.1 Å². The molecule has 0 spiro atoms. The van der Waals surface area contributed by atoms with Crippen LogP contribution in [0.1, 0.15) is 39.5 Å². The van der Waals surface area contributed by atoms with Crippen molar-refractivity contribution in [1.82, 2.24) is 10.2 Å². The number of hydrogen-bond donors (Lipinski definition) is 2. The standard InChI is InChI=1S/C14H24N2O3/c1-10(2)7-16-8-11(6-12(16)18)13(19)15-14(9-17)4-3-5-14/h10-11,17H,3-9H2,1-2H3,(H,15,19). The van der Waals surface area contributed by atoms with Crippen LogP contribution in [0.2, 0.25) is 0 Å². The van der Waals surface area contributed by atoms with Gasteiger partial charge in [0.2, 0.25) is 11.8 Å². The van der Waals surface area contributed by atoms with Crippen molar-refractivity contribution in [2.24, 2.45) is 11.8 Å². The normalized spacial score (nSPS) is 25.6. The van der Waals surface area contributed by atoms with Crippen LogP contribution < -0.4 is 5.32 Å². The number of aliphatic hydroxyl groups is 1. The van der Waals surface area contributed by atoms with Gasteiger partial charge in [-0.3, -0.25) is 9.59 Å². The molecule has 19 heavy (non-hydrogen) atoms. The average molecular weight is 268 g/mol. The lowest BCUT2D eigenvalue weighted by Gasteiger charge is -2.41. The highest BCUT2D eigenvalue weighted by atomic mass is 16.3. The van der Waals surface area contributed by atoms with Crippen molar-refractivity contribution >= 4 is 11.8 Å². The van der Waals surface area contributed by atoms with Gasteiger partial charge in [-0.05, 0) is 25.2 Å². The van der Waals surface area contributed by atoms with Gasteiger partial charge < -0.3 is 15.3 Å². The van der Waals surface area contributed by atoms with E-state index >= 15 is 0 Å². The fourth-order valence-corrected chi connectivity index (χ4v) is 2.85. The molecule has 2 fully saturated rings. The summed E-state index contributed by atoms with van der Waals surface area (Å²) in [6, 6.07) is 0. The molecule has 2 N–H and O–H groups in total. The van der Waals surface area contributed by atoms with Crippen molar-refractivity contribution in [2.75, 3.05) is 19.7 Å². The number of carbonyl (C=O) groups is 2. The Bertz CT molecular complexity index is 358. The molecule has 2 rings (SSSR count). The summed E-state index contributed by atoms with van der Waals surface area (Å²) in [7, 11) is 0. The third-order valence-corrected chi connectivity index (χ3v) is 4.17. The van der Waals surface area contributed by atoms with E-state index in [0.717, 1.165) is 19.3 Å². The quantitative estimate of drug-likeness (QED) is 0.764. The molecule has 0 aromatic carbocycles. The van der Waals surface area contributed by atoms with Crippen molar-refractivity contribution in [1.29, 1.82) is 0 Å². The lowest BCUT2D eigenvalue weighted by atomic mass is 9.77. The summed E-state index contributed by atoms with van der Waals surface area (Å²) in [5.41, 5.74) is -0.411. The number of nitrogens with zero attached hydrogens (tertiary/aromatic N) is 1.